The lowest BCUT2D eigenvalue weighted by atomic mass is 9.63. The molecule has 2 aliphatic rings. The predicted molar refractivity (Wildman–Crippen MR) is 122 cm³/mol. The van der Waals surface area contributed by atoms with Crippen molar-refractivity contribution in [3.63, 3.8) is 0 Å². The van der Waals surface area contributed by atoms with Crippen LogP contribution >= 0.6 is 0 Å². The van der Waals surface area contributed by atoms with Crippen LogP contribution in [0.3, 0.4) is 0 Å². The third-order valence-electron chi connectivity index (χ3n) is 5.86. The molecule has 0 aliphatic heterocycles. The van der Waals surface area contributed by atoms with Crippen LogP contribution in [0.15, 0.2) is 70.8 Å². The number of aliphatic imine (C=N–C) groups is 1. The minimum absolute atomic E-state index is 0.231. The molecule has 2 atom stereocenters. The molecule has 0 amide bonds. The number of allylic oxidation sites excluding steroid dienone is 2. The number of rotatable bonds is 5. The van der Waals surface area contributed by atoms with Crippen molar-refractivity contribution in [2.24, 2.45) is 10.9 Å². The van der Waals surface area contributed by atoms with Crippen LogP contribution in [0.2, 0.25) is 0 Å². The standard InChI is InChI=1S/C26H28N2O3/c1-4-13-30-25(29)31-24-12-11-22-23(28-24)15-20-14-18(3)16-26(22,21(20)5-2)27-17-19-9-7-6-8-10-19/h5-12,14,17,20H,4,13,15-16H2,1-3H3/b21-5+,27-17?. The monoisotopic (exact) mass is 416 g/mol. The summed E-state index contributed by atoms with van der Waals surface area (Å²) in [5.41, 5.74) is 5.20. The molecular weight excluding hydrogens is 388 g/mol. The molecule has 2 bridgehead atoms. The van der Waals surface area contributed by atoms with Gasteiger partial charge in [0.25, 0.3) is 0 Å². The van der Waals surface area contributed by atoms with Crippen LogP contribution in [0.25, 0.3) is 0 Å². The summed E-state index contributed by atoms with van der Waals surface area (Å²) in [6.45, 7) is 6.53. The number of pyridine rings is 1. The zero-order valence-electron chi connectivity index (χ0n) is 18.3. The van der Waals surface area contributed by atoms with Gasteiger partial charge in [0, 0.05) is 36.6 Å². The van der Waals surface area contributed by atoms with Crippen molar-refractivity contribution in [2.75, 3.05) is 6.61 Å². The molecule has 2 aromatic rings. The summed E-state index contributed by atoms with van der Waals surface area (Å²) in [6, 6.07) is 13.9. The van der Waals surface area contributed by atoms with Crippen LogP contribution < -0.4 is 4.74 Å². The number of carbonyl (C=O) groups excluding carboxylic acids is 1. The highest BCUT2D eigenvalue weighted by molar-refractivity contribution is 5.80. The maximum atomic E-state index is 11.9. The number of fused-ring (bicyclic) bond motifs is 4. The van der Waals surface area contributed by atoms with Gasteiger partial charge in [0.1, 0.15) is 5.54 Å². The average Bonchev–Trinajstić information content (AvgIpc) is 2.76. The number of carbonyl (C=O) groups is 1. The number of benzene rings is 1. The molecule has 1 aromatic carbocycles. The lowest BCUT2D eigenvalue weighted by Gasteiger charge is -2.45. The molecule has 5 nitrogen and oxygen atoms in total. The van der Waals surface area contributed by atoms with Crippen molar-refractivity contribution in [1.29, 1.82) is 0 Å². The summed E-state index contributed by atoms with van der Waals surface area (Å²) in [5.74, 6) is 0.499. The van der Waals surface area contributed by atoms with E-state index in [4.69, 9.17) is 14.5 Å². The van der Waals surface area contributed by atoms with E-state index in [1.165, 1.54) is 11.1 Å². The molecule has 1 heterocycles. The van der Waals surface area contributed by atoms with Gasteiger partial charge in [0.15, 0.2) is 0 Å². The molecule has 1 aromatic heterocycles. The Bertz CT molecular complexity index is 1060. The molecule has 0 radical (unpaired) electrons. The van der Waals surface area contributed by atoms with Crippen molar-refractivity contribution < 1.29 is 14.3 Å². The quantitative estimate of drug-likeness (QED) is 0.352. The van der Waals surface area contributed by atoms with E-state index in [0.717, 1.165) is 36.1 Å². The maximum Gasteiger partial charge on any atom is 0.515 e. The van der Waals surface area contributed by atoms with Gasteiger partial charge in [-0.3, -0.25) is 4.99 Å². The fourth-order valence-electron chi connectivity index (χ4n) is 4.67. The summed E-state index contributed by atoms with van der Waals surface area (Å²) in [6.07, 6.45) is 8.07. The van der Waals surface area contributed by atoms with Crippen LogP contribution in [0.4, 0.5) is 4.79 Å². The highest BCUT2D eigenvalue weighted by atomic mass is 16.7. The second-order valence-electron chi connectivity index (χ2n) is 8.12. The van der Waals surface area contributed by atoms with E-state index < -0.39 is 11.7 Å². The molecule has 0 N–H and O–H groups in total. The minimum Gasteiger partial charge on any atom is -0.434 e. The van der Waals surface area contributed by atoms with E-state index in [9.17, 15) is 4.79 Å². The fraction of sp³-hybridized carbons (Fsp3) is 0.346. The van der Waals surface area contributed by atoms with Gasteiger partial charge in [0.2, 0.25) is 5.88 Å². The lowest BCUT2D eigenvalue weighted by molar-refractivity contribution is 0.0975. The highest BCUT2D eigenvalue weighted by Crippen LogP contribution is 2.52. The Balaban J connectivity index is 1.75. The second-order valence-corrected chi connectivity index (χ2v) is 8.12. The van der Waals surface area contributed by atoms with Crippen LogP contribution in [0, 0.1) is 5.92 Å². The average molecular weight is 417 g/mol. The van der Waals surface area contributed by atoms with Crippen LogP contribution in [-0.2, 0) is 16.7 Å². The first-order valence-corrected chi connectivity index (χ1v) is 10.8. The molecule has 0 spiro atoms. The van der Waals surface area contributed by atoms with Crippen molar-refractivity contribution >= 4 is 12.4 Å². The van der Waals surface area contributed by atoms with Crippen molar-refractivity contribution in [2.45, 2.75) is 45.6 Å². The predicted octanol–water partition coefficient (Wildman–Crippen LogP) is 5.79. The molecule has 0 fully saturated rings. The molecule has 2 aliphatic carbocycles. The zero-order chi connectivity index (χ0) is 21.8. The fourth-order valence-corrected chi connectivity index (χ4v) is 4.67. The molecule has 0 saturated carbocycles. The molecular formula is C26H28N2O3. The zero-order valence-corrected chi connectivity index (χ0v) is 18.3. The molecule has 2 unspecified atom stereocenters. The van der Waals surface area contributed by atoms with Gasteiger partial charge < -0.3 is 9.47 Å². The Morgan fingerprint density at radius 3 is 2.81 bits per heavy atom. The third kappa shape index (κ3) is 4.18. The van der Waals surface area contributed by atoms with Gasteiger partial charge in [-0.2, -0.15) is 0 Å². The van der Waals surface area contributed by atoms with E-state index in [0.29, 0.717) is 6.61 Å². The highest BCUT2D eigenvalue weighted by Gasteiger charge is 2.46. The molecule has 160 valence electrons. The van der Waals surface area contributed by atoms with E-state index in [1.807, 2.05) is 37.4 Å². The van der Waals surface area contributed by atoms with Crippen LogP contribution in [0.5, 0.6) is 5.88 Å². The molecule has 4 rings (SSSR count). The van der Waals surface area contributed by atoms with Gasteiger partial charge in [-0.25, -0.2) is 9.78 Å². The largest absolute Gasteiger partial charge is 0.515 e. The number of hydrogen-bond donors (Lipinski definition) is 0. The topological polar surface area (TPSA) is 60.8 Å². The van der Waals surface area contributed by atoms with E-state index in [2.05, 4.69) is 43.1 Å². The summed E-state index contributed by atoms with van der Waals surface area (Å²) in [7, 11) is 0. The number of aromatic nitrogens is 1. The molecule has 31 heavy (non-hydrogen) atoms. The van der Waals surface area contributed by atoms with Crippen LogP contribution in [-0.4, -0.2) is 24.0 Å². The first-order chi connectivity index (χ1) is 15.1. The first kappa shape index (κ1) is 21.0. The van der Waals surface area contributed by atoms with E-state index in [-0.39, 0.29) is 11.8 Å². The number of hydrogen-bond acceptors (Lipinski definition) is 5. The van der Waals surface area contributed by atoms with Gasteiger partial charge in [-0.05, 0) is 37.5 Å². The molecule has 0 saturated heterocycles. The first-order valence-electron chi connectivity index (χ1n) is 10.8. The smallest absolute Gasteiger partial charge is 0.434 e. The van der Waals surface area contributed by atoms with Crippen LogP contribution in [0.1, 0.15) is 50.4 Å². The Morgan fingerprint density at radius 1 is 1.26 bits per heavy atom. The second kappa shape index (κ2) is 8.88. The van der Waals surface area contributed by atoms with Crippen molar-refractivity contribution in [1.82, 2.24) is 4.98 Å². The summed E-state index contributed by atoms with van der Waals surface area (Å²) >= 11 is 0. The Kier molecular flexibility index (Phi) is 6.03. The van der Waals surface area contributed by atoms with Gasteiger partial charge >= 0.3 is 6.16 Å². The SMILES string of the molecule is C/C=C1\C2C=C(C)CC1(N=Cc1ccccc1)c1ccc(OC(=O)OCCC)nc1C2. The van der Waals surface area contributed by atoms with Gasteiger partial charge in [0.05, 0.1) is 12.3 Å². The Morgan fingerprint density at radius 2 is 2.06 bits per heavy atom. The van der Waals surface area contributed by atoms with E-state index >= 15 is 0 Å². The Labute approximate surface area is 183 Å². The summed E-state index contributed by atoms with van der Waals surface area (Å²) < 4.78 is 10.3. The number of ether oxygens (including phenoxy) is 2. The Hall–Kier alpha value is -3.21. The lowest BCUT2D eigenvalue weighted by Crippen LogP contribution is -2.40. The normalized spacial score (nSPS) is 23.4. The van der Waals surface area contributed by atoms with Gasteiger partial charge in [-0.15, -0.1) is 0 Å². The minimum atomic E-state index is -0.716. The molecule has 5 heteroatoms. The maximum absolute atomic E-state index is 11.9. The summed E-state index contributed by atoms with van der Waals surface area (Å²) in [4.78, 5) is 21.7. The van der Waals surface area contributed by atoms with Crippen molar-refractivity contribution in [3.8, 4) is 5.88 Å². The van der Waals surface area contributed by atoms with Gasteiger partial charge in [-0.1, -0.05) is 55.0 Å². The third-order valence-corrected chi connectivity index (χ3v) is 5.86. The van der Waals surface area contributed by atoms with Crippen molar-refractivity contribution in [3.05, 3.63) is 82.6 Å². The summed E-state index contributed by atoms with van der Waals surface area (Å²) in [5, 5.41) is 0. The number of nitrogens with zero attached hydrogens (tertiary/aromatic N) is 2. The van der Waals surface area contributed by atoms with E-state index in [1.54, 1.807) is 6.07 Å².